The Balaban J connectivity index is 2.08. The van der Waals surface area contributed by atoms with Gasteiger partial charge in [-0.15, -0.1) is 0 Å². The smallest absolute Gasteiger partial charge is 0.273 e. The molecule has 6 nitrogen and oxygen atoms in total. The van der Waals surface area contributed by atoms with Crippen LogP contribution >= 0.6 is 0 Å². The number of rotatable bonds is 3. The topological polar surface area (TPSA) is 84.3 Å². The summed E-state index contributed by atoms with van der Waals surface area (Å²) in [6, 6.07) is 4.73. The summed E-state index contributed by atoms with van der Waals surface area (Å²) >= 11 is 0. The average Bonchev–Trinajstić information content (AvgIpc) is 2.67. The first-order valence-electron chi connectivity index (χ1n) is 6.84. The summed E-state index contributed by atoms with van der Waals surface area (Å²) in [6.45, 7) is 3.53. The largest absolute Gasteiger partial charge is 0.349 e. The normalized spacial score (nSPS) is 19.1. The lowest BCUT2D eigenvalue weighted by Gasteiger charge is -2.16. The monoisotopic (exact) mass is 277 g/mol. The zero-order chi connectivity index (χ0) is 14.5. The van der Waals surface area contributed by atoms with E-state index in [1.165, 1.54) is 6.07 Å². The summed E-state index contributed by atoms with van der Waals surface area (Å²) < 4.78 is 0. The number of carbonyl (C=O) groups is 1. The van der Waals surface area contributed by atoms with E-state index in [1.54, 1.807) is 19.1 Å². The highest BCUT2D eigenvalue weighted by atomic mass is 16.6. The number of hydrogen-bond acceptors (Lipinski definition) is 4. The van der Waals surface area contributed by atoms with Crippen LogP contribution in [0, 0.1) is 17.0 Å². The van der Waals surface area contributed by atoms with Crippen LogP contribution in [0.4, 0.5) is 5.69 Å². The number of nitrogens with one attached hydrogen (secondary N) is 2. The minimum atomic E-state index is -0.457. The molecule has 0 aliphatic carbocycles. The van der Waals surface area contributed by atoms with Crippen molar-refractivity contribution in [3.05, 3.63) is 39.4 Å². The molecule has 1 aliphatic heterocycles. The van der Waals surface area contributed by atoms with Crippen LogP contribution in [0.2, 0.25) is 0 Å². The van der Waals surface area contributed by atoms with E-state index in [4.69, 9.17) is 0 Å². The molecule has 1 amide bonds. The number of hydrogen-bond donors (Lipinski definition) is 2. The van der Waals surface area contributed by atoms with Crippen molar-refractivity contribution < 1.29 is 9.72 Å². The van der Waals surface area contributed by atoms with E-state index in [2.05, 4.69) is 10.6 Å². The van der Waals surface area contributed by atoms with Crippen molar-refractivity contribution >= 4 is 11.6 Å². The maximum Gasteiger partial charge on any atom is 0.273 e. The molecule has 0 spiro atoms. The maximum atomic E-state index is 12.2. The SMILES string of the molecule is Cc1ccc(C(=O)NC2CCCNCC2)cc1[N+](=O)[O-]. The molecule has 1 unspecified atom stereocenters. The van der Waals surface area contributed by atoms with Gasteiger partial charge in [-0.1, -0.05) is 6.07 Å². The average molecular weight is 277 g/mol. The van der Waals surface area contributed by atoms with Crippen molar-refractivity contribution in [3.63, 3.8) is 0 Å². The molecule has 1 atom stereocenters. The molecular weight excluding hydrogens is 258 g/mol. The number of benzene rings is 1. The number of nitro groups is 1. The lowest BCUT2D eigenvalue weighted by Crippen LogP contribution is -2.35. The Labute approximate surface area is 117 Å². The van der Waals surface area contributed by atoms with Gasteiger partial charge in [-0.25, -0.2) is 0 Å². The lowest BCUT2D eigenvalue weighted by atomic mass is 10.1. The van der Waals surface area contributed by atoms with Gasteiger partial charge in [0.15, 0.2) is 0 Å². The second-order valence-corrected chi connectivity index (χ2v) is 5.11. The summed E-state index contributed by atoms with van der Waals surface area (Å²) in [5.41, 5.74) is 0.893. The third kappa shape index (κ3) is 3.54. The Hall–Kier alpha value is -1.95. The van der Waals surface area contributed by atoms with Crippen molar-refractivity contribution in [2.24, 2.45) is 0 Å². The fourth-order valence-corrected chi connectivity index (χ4v) is 2.38. The summed E-state index contributed by atoms with van der Waals surface area (Å²) in [5.74, 6) is -0.236. The second-order valence-electron chi connectivity index (χ2n) is 5.11. The van der Waals surface area contributed by atoms with Gasteiger partial charge >= 0.3 is 0 Å². The fourth-order valence-electron chi connectivity index (χ4n) is 2.38. The maximum absolute atomic E-state index is 12.2. The Morgan fingerprint density at radius 3 is 2.95 bits per heavy atom. The summed E-state index contributed by atoms with van der Waals surface area (Å²) in [6.07, 6.45) is 2.85. The summed E-state index contributed by atoms with van der Waals surface area (Å²) in [4.78, 5) is 22.6. The quantitative estimate of drug-likeness (QED) is 0.651. The Morgan fingerprint density at radius 2 is 2.20 bits per heavy atom. The van der Waals surface area contributed by atoms with Gasteiger partial charge in [0.2, 0.25) is 0 Å². The zero-order valence-electron chi connectivity index (χ0n) is 11.5. The van der Waals surface area contributed by atoms with E-state index in [0.29, 0.717) is 11.1 Å². The van der Waals surface area contributed by atoms with Gasteiger partial charge in [0, 0.05) is 23.2 Å². The zero-order valence-corrected chi connectivity index (χ0v) is 11.5. The van der Waals surface area contributed by atoms with Gasteiger partial charge in [0.1, 0.15) is 0 Å². The fraction of sp³-hybridized carbons (Fsp3) is 0.500. The Bertz CT molecular complexity index is 508. The second kappa shape index (κ2) is 6.47. The highest BCUT2D eigenvalue weighted by molar-refractivity contribution is 5.95. The van der Waals surface area contributed by atoms with Crippen LogP contribution in [0.1, 0.15) is 35.2 Å². The molecule has 0 aromatic heterocycles. The molecule has 2 rings (SSSR count). The van der Waals surface area contributed by atoms with Crippen molar-refractivity contribution in [1.29, 1.82) is 0 Å². The molecule has 2 N–H and O–H groups in total. The highest BCUT2D eigenvalue weighted by Gasteiger charge is 2.18. The summed E-state index contributed by atoms with van der Waals surface area (Å²) in [5, 5.41) is 17.1. The minimum Gasteiger partial charge on any atom is -0.349 e. The number of carbonyl (C=O) groups excluding carboxylic acids is 1. The van der Waals surface area contributed by atoms with E-state index in [-0.39, 0.29) is 17.6 Å². The van der Waals surface area contributed by atoms with Gasteiger partial charge in [0.05, 0.1) is 4.92 Å². The van der Waals surface area contributed by atoms with Crippen molar-refractivity contribution in [2.75, 3.05) is 13.1 Å². The number of nitrogens with zero attached hydrogens (tertiary/aromatic N) is 1. The minimum absolute atomic E-state index is 0.0137. The van der Waals surface area contributed by atoms with Gasteiger partial charge in [-0.3, -0.25) is 14.9 Å². The standard InChI is InChI=1S/C14H19N3O3/c1-10-4-5-11(9-13(10)17(19)20)14(18)16-12-3-2-7-15-8-6-12/h4-5,9,12,15H,2-3,6-8H2,1H3,(H,16,18). The van der Waals surface area contributed by atoms with Crippen LogP contribution in [-0.2, 0) is 0 Å². The first kappa shape index (κ1) is 14.5. The third-order valence-electron chi connectivity index (χ3n) is 3.58. The molecule has 1 aliphatic rings. The molecule has 1 fully saturated rings. The molecule has 0 radical (unpaired) electrons. The van der Waals surface area contributed by atoms with Gasteiger partial charge in [-0.05, 0) is 45.3 Å². The molecule has 1 aromatic carbocycles. The number of aryl methyl sites for hydroxylation is 1. The molecule has 0 saturated carbocycles. The predicted octanol–water partition coefficient (Wildman–Crippen LogP) is 1.78. The van der Waals surface area contributed by atoms with E-state index in [1.807, 2.05) is 0 Å². The molecular formula is C14H19N3O3. The van der Waals surface area contributed by atoms with Crippen LogP contribution < -0.4 is 10.6 Å². The van der Waals surface area contributed by atoms with Crippen LogP contribution in [0.25, 0.3) is 0 Å². The van der Waals surface area contributed by atoms with Crippen LogP contribution in [0.3, 0.4) is 0 Å². The van der Waals surface area contributed by atoms with Gasteiger partial charge in [-0.2, -0.15) is 0 Å². The Kier molecular flexibility index (Phi) is 4.68. The van der Waals surface area contributed by atoms with Crippen LogP contribution in [0.15, 0.2) is 18.2 Å². The van der Waals surface area contributed by atoms with E-state index >= 15 is 0 Å². The molecule has 108 valence electrons. The van der Waals surface area contributed by atoms with Gasteiger partial charge < -0.3 is 10.6 Å². The molecule has 1 saturated heterocycles. The molecule has 0 bridgehead atoms. The first-order valence-corrected chi connectivity index (χ1v) is 6.84. The predicted molar refractivity (Wildman–Crippen MR) is 75.8 cm³/mol. The highest BCUT2D eigenvalue weighted by Crippen LogP contribution is 2.19. The summed E-state index contributed by atoms with van der Waals surface area (Å²) in [7, 11) is 0. The number of nitro benzene ring substituents is 1. The number of amides is 1. The van der Waals surface area contributed by atoms with Gasteiger partial charge in [0.25, 0.3) is 11.6 Å². The molecule has 6 heteroatoms. The van der Waals surface area contributed by atoms with E-state index in [0.717, 1.165) is 32.4 Å². The molecule has 20 heavy (non-hydrogen) atoms. The van der Waals surface area contributed by atoms with E-state index in [9.17, 15) is 14.9 Å². The lowest BCUT2D eigenvalue weighted by molar-refractivity contribution is -0.385. The van der Waals surface area contributed by atoms with E-state index < -0.39 is 4.92 Å². The molecule has 1 aromatic rings. The van der Waals surface area contributed by atoms with Crippen LogP contribution in [-0.4, -0.2) is 30.0 Å². The first-order chi connectivity index (χ1) is 9.58. The molecule has 1 heterocycles. The van der Waals surface area contributed by atoms with Crippen molar-refractivity contribution in [3.8, 4) is 0 Å². The van der Waals surface area contributed by atoms with Crippen LogP contribution in [0.5, 0.6) is 0 Å². The third-order valence-corrected chi connectivity index (χ3v) is 3.58. The Morgan fingerprint density at radius 1 is 1.40 bits per heavy atom. The van der Waals surface area contributed by atoms with Crippen molar-refractivity contribution in [2.45, 2.75) is 32.2 Å². The van der Waals surface area contributed by atoms with Crippen molar-refractivity contribution in [1.82, 2.24) is 10.6 Å².